The van der Waals surface area contributed by atoms with Crippen LogP contribution in [0.15, 0.2) is 30.6 Å². The van der Waals surface area contributed by atoms with Crippen LogP contribution in [0.2, 0.25) is 0 Å². The van der Waals surface area contributed by atoms with Crippen molar-refractivity contribution in [2.75, 3.05) is 12.5 Å². The van der Waals surface area contributed by atoms with Gasteiger partial charge in [0.25, 0.3) is 0 Å². The largest absolute Gasteiger partial charge is 0.497 e. The minimum absolute atomic E-state index is 0.429. The first kappa shape index (κ1) is 14.1. The van der Waals surface area contributed by atoms with Gasteiger partial charge in [-0.2, -0.15) is 0 Å². The summed E-state index contributed by atoms with van der Waals surface area (Å²) in [5.74, 6) is 7.38. The van der Waals surface area contributed by atoms with Gasteiger partial charge in [-0.25, -0.2) is 15.8 Å². The van der Waals surface area contributed by atoms with E-state index in [4.69, 9.17) is 15.3 Å². The summed E-state index contributed by atoms with van der Waals surface area (Å²) in [4.78, 5) is 8.22. The zero-order valence-electron chi connectivity index (χ0n) is 11.6. The zero-order valence-corrected chi connectivity index (χ0v) is 11.6. The standard InChI is InChI=1S/C14H18N4O2/c1-3-12-13(18-15)16-9-17-14(12)20-8-10-4-6-11(19-2)7-5-10/h4-7,9H,3,8,15H2,1-2H3,(H,16,17,18). The molecule has 1 heterocycles. The van der Waals surface area contributed by atoms with Crippen molar-refractivity contribution < 1.29 is 9.47 Å². The number of hydrazine groups is 1. The predicted octanol–water partition coefficient (Wildman–Crippen LogP) is 1.91. The van der Waals surface area contributed by atoms with Crippen LogP contribution in [0.5, 0.6) is 11.6 Å². The van der Waals surface area contributed by atoms with Gasteiger partial charge in [0.15, 0.2) is 0 Å². The van der Waals surface area contributed by atoms with Crippen molar-refractivity contribution >= 4 is 5.82 Å². The quantitative estimate of drug-likeness (QED) is 0.618. The van der Waals surface area contributed by atoms with Gasteiger partial charge < -0.3 is 14.9 Å². The summed E-state index contributed by atoms with van der Waals surface area (Å²) in [5, 5.41) is 0. The van der Waals surface area contributed by atoms with Crippen molar-refractivity contribution in [3.63, 3.8) is 0 Å². The molecule has 0 atom stereocenters. The number of nitrogens with two attached hydrogens (primary N) is 1. The van der Waals surface area contributed by atoms with Gasteiger partial charge in [0.05, 0.1) is 12.7 Å². The van der Waals surface area contributed by atoms with E-state index in [1.54, 1.807) is 7.11 Å². The highest BCUT2D eigenvalue weighted by Crippen LogP contribution is 2.22. The molecule has 0 spiro atoms. The third-order valence-corrected chi connectivity index (χ3v) is 2.93. The molecule has 0 aliphatic carbocycles. The Morgan fingerprint density at radius 3 is 2.55 bits per heavy atom. The van der Waals surface area contributed by atoms with Gasteiger partial charge in [0, 0.05) is 0 Å². The van der Waals surface area contributed by atoms with E-state index in [1.165, 1.54) is 6.33 Å². The molecule has 0 unspecified atom stereocenters. The van der Waals surface area contributed by atoms with E-state index in [1.807, 2.05) is 31.2 Å². The maximum atomic E-state index is 5.74. The molecular weight excluding hydrogens is 256 g/mol. The van der Waals surface area contributed by atoms with E-state index >= 15 is 0 Å². The molecule has 0 fully saturated rings. The Hall–Kier alpha value is -2.34. The molecule has 0 aliphatic rings. The van der Waals surface area contributed by atoms with E-state index < -0.39 is 0 Å². The highest BCUT2D eigenvalue weighted by atomic mass is 16.5. The lowest BCUT2D eigenvalue weighted by molar-refractivity contribution is 0.290. The number of methoxy groups -OCH3 is 1. The molecule has 2 aromatic rings. The fraction of sp³-hybridized carbons (Fsp3) is 0.286. The van der Waals surface area contributed by atoms with Crippen molar-refractivity contribution in [1.82, 2.24) is 9.97 Å². The van der Waals surface area contributed by atoms with Gasteiger partial charge in [-0.15, -0.1) is 0 Å². The molecule has 2 rings (SSSR count). The van der Waals surface area contributed by atoms with Gasteiger partial charge >= 0.3 is 0 Å². The summed E-state index contributed by atoms with van der Waals surface area (Å²) in [6, 6.07) is 7.69. The molecule has 1 aromatic heterocycles. The number of nitrogen functional groups attached to an aromatic ring is 1. The molecule has 0 saturated carbocycles. The Labute approximate surface area is 117 Å². The number of anilines is 1. The summed E-state index contributed by atoms with van der Waals surface area (Å²) < 4.78 is 10.9. The zero-order chi connectivity index (χ0) is 14.4. The van der Waals surface area contributed by atoms with E-state index in [-0.39, 0.29) is 0 Å². The van der Waals surface area contributed by atoms with Crippen molar-refractivity contribution in [2.24, 2.45) is 5.84 Å². The topological polar surface area (TPSA) is 82.3 Å². The normalized spacial score (nSPS) is 10.2. The number of ether oxygens (including phenoxy) is 2. The molecule has 6 heteroatoms. The molecule has 20 heavy (non-hydrogen) atoms. The third-order valence-electron chi connectivity index (χ3n) is 2.93. The number of nitrogens with zero attached hydrogens (tertiary/aromatic N) is 2. The van der Waals surface area contributed by atoms with Gasteiger partial charge in [0.2, 0.25) is 5.88 Å². The molecule has 0 bridgehead atoms. The van der Waals surface area contributed by atoms with Crippen LogP contribution in [0.3, 0.4) is 0 Å². The van der Waals surface area contributed by atoms with Gasteiger partial charge in [0.1, 0.15) is 24.5 Å². The summed E-state index contributed by atoms with van der Waals surface area (Å²) in [5.41, 5.74) is 4.45. The third kappa shape index (κ3) is 3.16. The maximum absolute atomic E-state index is 5.74. The Bertz CT molecular complexity index is 558. The summed E-state index contributed by atoms with van der Waals surface area (Å²) in [6.45, 7) is 2.43. The van der Waals surface area contributed by atoms with E-state index in [0.717, 1.165) is 23.3 Å². The fourth-order valence-electron chi connectivity index (χ4n) is 1.84. The van der Waals surface area contributed by atoms with Crippen LogP contribution in [0, 0.1) is 0 Å². The van der Waals surface area contributed by atoms with Crippen LogP contribution in [-0.4, -0.2) is 17.1 Å². The number of benzene rings is 1. The molecule has 0 amide bonds. The van der Waals surface area contributed by atoms with Crippen LogP contribution in [0.1, 0.15) is 18.1 Å². The number of nitrogens with one attached hydrogen (secondary N) is 1. The maximum Gasteiger partial charge on any atom is 0.222 e. The van der Waals surface area contributed by atoms with Crippen molar-refractivity contribution in [3.8, 4) is 11.6 Å². The average Bonchev–Trinajstić information content (AvgIpc) is 2.52. The first-order valence-corrected chi connectivity index (χ1v) is 6.34. The minimum Gasteiger partial charge on any atom is -0.497 e. The lowest BCUT2D eigenvalue weighted by Gasteiger charge is -2.12. The van der Waals surface area contributed by atoms with Gasteiger partial charge in [-0.05, 0) is 24.1 Å². The van der Waals surface area contributed by atoms with E-state index in [2.05, 4.69) is 15.4 Å². The highest BCUT2D eigenvalue weighted by molar-refractivity contribution is 5.47. The molecule has 0 saturated heterocycles. The number of hydrogen-bond acceptors (Lipinski definition) is 6. The lowest BCUT2D eigenvalue weighted by atomic mass is 10.2. The van der Waals surface area contributed by atoms with Crippen LogP contribution in [-0.2, 0) is 13.0 Å². The molecule has 3 N–H and O–H groups in total. The first-order valence-electron chi connectivity index (χ1n) is 6.34. The van der Waals surface area contributed by atoms with Crippen LogP contribution < -0.4 is 20.7 Å². The number of aromatic nitrogens is 2. The van der Waals surface area contributed by atoms with Crippen LogP contribution in [0.25, 0.3) is 0 Å². The summed E-state index contributed by atoms with van der Waals surface area (Å²) >= 11 is 0. The predicted molar refractivity (Wildman–Crippen MR) is 76.5 cm³/mol. The van der Waals surface area contributed by atoms with Crippen LogP contribution in [0.4, 0.5) is 5.82 Å². The molecule has 1 aromatic carbocycles. The molecule has 106 valence electrons. The van der Waals surface area contributed by atoms with E-state index in [0.29, 0.717) is 18.3 Å². The summed E-state index contributed by atoms with van der Waals surface area (Å²) in [7, 11) is 1.64. The average molecular weight is 274 g/mol. The first-order chi connectivity index (χ1) is 9.78. The monoisotopic (exact) mass is 274 g/mol. The Morgan fingerprint density at radius 1 is 1.20 bits per heavy atom. The van der Waals surface area contributed by atoms with Gasteiger partial charge in [-0.1, -0.05) is 19.1 Å². The molecule has 6 nitrogen and oxygen atoms in total. The van der Waals surface area contributed by atoms with E-state index in [9.17, 15) is 0 Å². The van der Waals surface area contributed by atoms with Crippen molar-refractivity contribution in [3.05, 3.63) is 41.7 Å². The molecule has 0 aliphatic heterocycles. The van der Waals surface area contributed by atoms with Crippen molar-refractivity contribution in [2.45, 2.75) is 20.0 Å². The second kappa shape index (κ2) is 6.72. The Balaban J connectivity index is 2.10. The smallest absolute Gasteiger partial charge is 0.222 e. The summed E-state index contributed by atoms with van der Waals surface area (Å²) in [6.07, 6.45) is 2.16. The fourth-order valence-corrected chi connectivity index (χ4v) is 1.84. The Kier molecular flexibility index (Phi) is 4.73. The second-order valence-electron chi connectivity index (χ2n) is 4.14. The highest BCUT2D eigenvalue weighted by Gasteiger charge is 2.10. The van der Waals surface area contributed by atoms with Gasteiger partial charge in [-0.3, -0.25) is 0 Å². The molecular formula is C14H18N4O2. The SMILES string of the molecule is CCc1c(NN)ncnc1OCc1ccc(OC)cc1. The second-order valence-corrected chi connectivity index (χ2v) is 4.14. The Morgan fingerprint density at radius 2 is 1.95 bits per heavy atom. The number of hydrogen-bond donors (Lipinski definition) is 2. The lowest BCUT2D eigenvalue weighted by Crippen LogP contribution is -2.12. The van der Waals surface area contributed by atoms with Crippen molar-refractivity contribution in [1.29, 1.82) is 0 Å². The molecule has 0 radical (unpaired) electrons. The minimum atomic E-state index is 0.429. The number of rotatable bonds is 6. The van der Waals surface area contributed by atoms with Crippen LogP contribution >= 0.6 is 0 Å².